The van der Waals surface area contributed by atoms with E-state index < -0.39 is 6.10 Å². The highest BCUT2D eigenvalue weighted by molar-refractivity contribution is 5.33. The van der Waals surface area contributed by atoms with Gasteiger partial charge in [0, 0.05) is 19.6 Å². The van der Waals surface area contributed by atoms with Gasteiger partial charge in [0.15, 0.2) is 0 Å². The van der Waals surface area contributed by atoms with Crippen LogP contribution in [0.4, 0.5) is 4.39 Å². The molecule has 0 radical (unpaired) electrons. The quantitative estimate of drug-likeness (QED) is 0.811. The van der Waals surface area contributed by atoms with Crippen molar-refractivity contribution in [3.8, 4) is 5.75 Å². The largest absolute Gasteiger partial charge is 0.489 e. The van der Waals surface area contributed by atoms with E-state index in [4.69, 9.17) is 9.47 Å². The van der Waals surface area contributed by atoms with Crippen molar-refractivity contribution in [1.29, 1.82) is 0 Å². The fourth-order valence-electron chi connectivity index (χ4n) is 4.03. The minimum atomic E-state index is -0.512. The van der Waals surface area contributed by atoms with Crippen molar-refractivity contribution in [2.45, 2.75) is 37.6 Å². The van der Waals surface area contributed by atoms with Gasteiger partial charge in [-0.2, -0.15) is 0 Å². The summed E-state index contributed by atoms with van der Waals surface area (Å²) >= 11 is 0. The lowest BCUT2D eigenvalue weighted by molar-refractivity contribution is -0.0200. The first-order valence-corrected chi connectivity index (χ1v) is 9.69. The van der Waals surface area contributed by atoms with Gasteiger partial charge in [-0.05, 0) is 54.7 Å². The van der Waals surface area contributed by atoms with Crippen LogP contribution in [0.25, 0.3) is 0 Å². The molecule has 27 heavy (non-hydrogen) atoms. The number of halogens is 1. The molecule has 4 nitrogen and oxygen atoms in total. The number of rotatable bonds is 7. The van der Waals surface area contributed by atoms with E-state index in [9.17, 15) is 9.50 Å². The monoisotopic (exact) mass is 371 g/mol. The molecule has 4 rings (SSSR count). The van der Waals surface area contributed by atoms with Gasteiger partial charge in [0.25, 0.3) is 0 Å². The first kappa shape index (κ1) is 18.4. The normalized spacial score (nSPS) is 23.3. The van der Waals surface area contributed by atoms with Gasteiger partial charge in [0.05, 0.1) is 18.8 Å². The SMILES string of the molecule is OC(CO[C@H]1CCc2ccccc21)CN1CCC(Oc2ccc(F)cc2)C1. The van der Waals surface area contributed by atoms with Gasteiger partial charge in [-0.15, -0.1) is 0 Å². The molecule has 5 heteroatoms. The topological polar surface area (TPSA) is 41.9 Å². The molecule has 1 heterocycles. The average Bonchev–Trinajstić information content (AvgIpc) is 3.29. The number of ether oxygens (including phenoxy) is 2. The number of aryl methyl sites for hydroxylation is 1. The number of β-amino-alcohol motifs (C(OH)–C–C–N with tert-alkyl or cyclic N) is 1. The van der Waals surface area contributed by atoms with Crippen LogP contribution in [0, 0.1) is 5.82 Å². The molecule has 0 bridgehead atoms. The molecule has 1 N–H and O–H groups in total. The average molecular weight is 371 g/mol. The minimum Gasteiger partial charge on any atom is -0.489 e. The molecule has 1 saturated heterocycles. The van der Waals surface area contributed by atoms with Gasteiger partial charge in [-0.25, -0.2) is 4.39 Å². The highest BCUT2D eigenvalue weighted by Gasteiger charge is 2.27. The zero-order valence-corrected chi connectivity index (χ0v) is 15.4. The predicted octanol–water partition coefficient (Wildman–Crippen LogP) is 3.34. The van der Waals surface area contributed by atoms with Crippen LogP contribution < -0.4 is 4.74 Å². The van der Waals surface area contributed by atoms with Crippen LogP contribution in [0.3, 0.4) is 0 Å². The first-order valence-electron chi connectivity index (χ1n) is 9.69. The van der Waals surface area contributed by atoms with Crippen LogP contribution in [0.15, 0.2) is 48.5 Å². The number of aliphatic hydroxyl groups excluding tert-OH is 1. The van der Waals surface area contributed by atoms with Crippen molar-refractivity contribution in [1.82, 2.24) is 4.90 Å². The number of nitrogens with zero attached hydrogens (tertiary/aromatic N) is 1. The van der Waals surface area contributed by atoms with Crippen LogP contribution in [0.2, 0.25) is 0 Å². The van der Waals surface area contributed by atoms with Crippen molar-refractivity contribution in [3.05, 3.63) is 65.5 Å². The molecule has 144 valence electrons. The number of fused-ring (bicyclic) bond motifs is 1. The summed E-state index contributed by atoms with van der Waals surface area (Å²) in [6.45, 7) is 2.58. The summed E-state index contributed by atoms with van der Waals surface area (Å²) in [5.74, 6) is 0.426. The van der Waals surface area contributed by atoms with E-state index in [0.29, 0.717) is 18.9 Å². The van der Waals surface area contributed by atoms with E-state index in [0.717, 1.165) is 32.4 Å². The fraction of sp³-hybridized carbons (Fsp3) is 0.455. The molecule has 1 fully saturated rings. The zero-order chi connectivity index (χ0) is 18.6. The second kappa shape index (κ2) is 8.38. The van der Waals surface area contributed by atoms with Crippen LogP contribution in [0.5, 0.6) is 5.75 Å². The molecular formula is C22H26FNO3. The molecule has 0 saturated carbocycles. The number of aliphatic hydroxyl groups is 1. The van der Waals surface area contributed by atoms with E-state index >= 15 is 0 Å². The summed E-state index contributed by atoms with van der Waals surface area (Å²) in [6.07, 6.45) is 2.60. The zero-order valence-electron chi connectivity index (χ0n) is 15.4. The van der Waals surface area contributed by atoms with Crippen LogP contribution >= 0.6 is 0 Å². The summed E-state index contributed by atoms with van der Waals surface area (Å²) in [6, 6.07) is 14.5. The van der Waals surface area contributed by atoms with E-state index in [1.807, 2.05) is 6.07 Å². The highest BCUT2D eigenvalue weighted by atomic mass is 19.1. The Kier molecular flexibility index (Phi) is 5.72. The lowest BCUT2D eigenvalue weighted by atomic mass is 10.1. The van der Waals surface area contributed by atoms with Gasteiger partial charge >= 0.3 is 0 Å². The maximum Gasteiger partial charge on any atom is 0.123 e. The van der Waals surface area contributed by atoms with Gasteiger partial charge in [-0.3, -0.25) is 4.90 Å². The van der Waals surface area contributed by atoms with Crippen molar-refractivity contribution < 1.29 is 19.0 Å². The van der Waals surface area contributed by atoms with E-state index in [-0.39, 0.29) is 18.0 Å². The molecule has 1 aliphatic heterocycles. The van der Waals surface area contributed by atoms with Gasteiger partial charge in [-0.1, -0.05) is 24.3 Å². The number of hydrogen-bond acceptors (Lipinski definition) is 4. The lowest BCUT2D eigenvalue weighted by Gasteiger charge is -2.22. The third-order valence-corrected chi connectivity index (χ3v) is 5.38. The lowest BCUT2D eigenvalue weighted by Crippen LogP contribution is -2.35. The number of hydrogen-bond donors (Lipinski definition) is 1. The van der Waals surface area contributed by atoms with Crippen molar-refractivity contribution in [2.24, 2.45) is 0 Å². The Bertz CT molecular complexity index is 751. The summed E-state index contributed by atoms with van der Waals surface area (Å²) < 4.78 is 24.9. The Morgan fingerprint density at radius 1 is 1.11 bits per heavy atom. The Morgan fingerprint density at radius 3 is 2.78 bits per heavy atom. The van der Waals surface area contributed by atoms with Crippen molar-refractivity contribution in [3.63, 3.8) is 0 Å². The summed E-state index contributed by atoms with van der Waals surface area (Å²) in [5, 5.41) is 10.4. The maximum atomic E-state index is 13.0. The van der Waals surface area contributed by atoms with Crippen LogP contribution in [-0.4, -0.2) is 48.5 Å². The second-order valence-electron chi connectivity index (χ2n) is 7.46. The summed E-state index contributed by atoms with van der Waals surface area (Å²) in [7, 11) is 0. The number of likely N-dealkylation sites (tertiary alicyclic amines) is 1. The third-order valence-electron chi connectivity index (χ3n) is 5.38. The van der Waals surface area contributed by atoms with Gasteiger partial charge in [0.2, 0.25) is 0 Å². The molecular weight excluding hydrogens is 345 g/mol. The maximum absolute atomic E-state index is 13.0. The molecule has 3 atom stereocenters. The second-order valence-corrected chi connectivity index (χ2v) is 7.46. The molecule has 1 aliphatic carbocycles. The first-order chi connectivity index (χ1) is 13.2. The van der Waals surface area contributed by atoms with E-state index in [1.54, 1.807) is 12.1 Å². The summed E-state index contributed by atoms with van der Waals surface area (Å²) in [5.41, 5.74) is 2.62. The van der Waals surface area contributed by atoms with Crippen molar-refractivity contribution in [2.75, 3.05) is 26.2 Å². The predicted molar refractivity (Wildman–Crippen MR) is 101 cm³/mol. The van der Waals surface area contributed by atoms with Crippen molar-refractivity contribution >= 4 is 0 Å². The Labute approximate surface area is 159 Å². The Hall–Kier alpha value is -1.95. The highest BCUT2D eigenvalue weighted by Crippen LogP contribution is 2.33. The smallest absolute Gasteiger partial charge is 0.123 e. The third kappa shape index (κ3) is 4.67. The van der Waals surface area contributed by atoms with Gasteiger partial charge in [0.1, 0.15) is 17.7 Å². The Balaban J connectivity index is 1.20. The number of benzene rings is 2. The molecule has 2 aromatic rings. The standard InChI is InChI=1S/C22H26FNO3/c23-17-6-8-19(9-7-17)27-20-11-12-24(14-20)13-18(25)15-26-22-10-5-16-3-1-2-4-21(16)22/h1-4,6-9,18,20,22,25H,5,10-15H2/t18?,20?,22-/m0/s1. The molecule has 0 amide bonds. The van der Waals surface area contributed by atoms with Crippen LogP contribution in [0.1, 0.15) is 30.1 Å². The molecule has 2 aromatic carbocycles. The molecule has 2 aliphatic rings. The minimum absolute atomic E-state index is 0.0743. The van der Waals surface area contributed by atoms with Crippen LogP contribution in [-0.2, 0) is 11.2 Å². The molecule has 2 unspecified atom stereocenters. The van der Waals surface area contributed by atoms with Gasteiger partial charge < -0.3 is 14.6 Å². The van der Waals surface area contributed by atoms with E-state index in [2.05, 4.69) is 23.1 Å². The molecule has 0 spiro atoms. The molecule has 0 aromatic heterocycles. The Morgan fingerprint density at radius 2 is 1.93 bits per heavy atom. The summed E-state index contributed by atoms with van der Waals surface area (Å²) in [4.78, 5) is 2.20. The van der Waals surface area contributed by atoms with E-state index in [1.165, 1.54) is 23.3 Å². The fourth-order valence-corrected chi connectivity index (χ4v) is 4.03.